The van der Waals surface area contributed by atoms with Crippen LogP contribution in [0.15, 0.2) is 203 Å². The number of para-hydroxylation sites is 4. The maximum absolute atomic E-state index is 6.88. The van der Waals surface area contributed by atoms with Gasteiger partial charge in [0.05, 0.1) is 11.0 Å². The number of rotatable bonds is 6. The first-order chi connectivity index (χ1) is 31.2. The zero-order chi connectivity index (χ0) is 41.4. The van der Waals surface area contributed by atoms with Gasteiger partial charge in [-0.3, -0.25) is 0 Å². The van der Waals surface area contributed by atoms with Crippen molar-refractivity contribution in [2.75, 3.05) is 0 Å². The molecular formula is C55H32N6O2. The monoisotopic (exact) mass is 808 g/mol. The Hall–Kier alpha value is -8.75. The Morgan fingerprint density at radius 2 is 0.921 bits per heavy atom. The number of aromatic nitrogens is 6. The number of fused-ring (bicyclic) bond motifs is 9. The fourth-order valence-electron chi connectivity index (χ4n) is 9.02. The molecule has 5 aromatic heterocycles. The first kappa shape index (κ1) is 35.0. The number of hydrogen-bond donors (Lipinski definition) is 0. The summed E-state index contributed by atoms with van der Waals surface area (Å²) in [7, 11) is 0. The Bertz CT molecular complexity index is 3850. The minimum Gasteiger partial charge on any atom is -0.455 e. The molecule has 0 saturated carbocycles. The molecule has 8 nitrogen and oxygen atoms in total. The van der Waals surface area contributed by atoms with Crippen molar-refractivity contribution in [3.05, 3.63) is 194 Å². The molecule has 294 valence electrons. The van der Waals surface area contributed by atoms with Crippen LogP contribution in [0.4, 0.5) is 0 Å². The third-order valence-electron chi connectivity index (χ3n) is 11.9. The maximum Gasteiger partial charge on any atom is 0.180 e. The van der Waals surface area contributed by atoms with E-state index in [4.69, 9.17) is 33.8 Å². The molecule has 8 aromatic carbocycles. The zero-order valence-electron chi connectivity index (χ0n) is 33.5. The number of hydrogen-bond acceptors (Lipinski definition) is 7. The lowest BCUT2D eigenvalue weighted by Crippen LogP contribution is -2.00. The van der Waals surface area contributed by atoms with Gasteiger partial charge in [0.25, 0.3) is 0 Å². The molecule has 0 atom stereocenters. The van der Waals surface area contributed by atoms with Crippen LogP contribution in [0.25, 0.3) is 128 Å². The second-order valence-electron chi connectivity index (χ2n) is 15.6. The number of nitrogens with zero attached hydrogens (tertiary/aromatic N) is 6. The predicted molar refractivity (Wildman–Crippen MR) is 251 cm³/mol. The smallest absolute Gasteiger partial charge is 0.180 e. The lowest BCUT2D eigenvalue weighted by Gasteiger charge is -2.10. The zero-order valence-corrected chi connectivity index (χ0v) is 33.5. The van der Waals surface area contributed by atoms with Crippen LogP contribution in [0.1, 0.15) is 0 Å². The normalized spacial score (nSPS) is 11.8. The van der Waals surface area contributed by atoms with Crippen molar-refractivity contribution in [2.45, 2.75) is 0 Å². The molecule has 0 saturated heterocycles. The third-order valence-corrected chi connectivity index (χ3v) is 11.9. The molecule has 0 aliphatic carbocycles. The Balaban J connectivity index is 1.04. The second kappa shape index (κ2) is 13.9. The van der Waals surface area contributed by atoms with Crippen LogP contribution in [0.2, 0.25) is 0 Å². The summed E-state index contributed by atoms with van der Waals surface area (Å²) >= 11 is 0. The molecule has 0 amide bonds. The van der Waals surface area contributed by atoms with Crippen LogP contribution < -0.4 is 0 Å². The van der Waals surface area contributed by atoms with E-state index < -0.39 is 0 Å². The number of furan rings is 2. The van der Waals surface area contributed by atoms with E-state index in [0.29, 0.717) is 45.7 Å². The average molecular weight is 809 g/mol. The van der Waals surface area contributed by atoms with E-state index in [1.54, 1.807) is 0 Å². The highest BCUT2D eigenvalue weighted by atomic mass is 16.3. The summed E-state index contributed by atoms with van der Waals surface area (Å²) in [5.74, 6) is 2.31. The van der Waals surface area contributed by atoms with Crippen LogP contribution in [0.5, 0.6) is 0 Å². The van der Waals surface area contributed by atoms with Crippen LogP contribution in [0, 0.1) is 0 Å². The van der Waals surface area contributed by atoms with Gasteiger partial charge in [-0.25, -0.2) is 24.9 Å². The van der Waals surface area contributed by atoms with Gasteiger partial charge in [-0.05, 0) is 48.5 Å². The predicted octanol–water partition coefficient (Wildman–Crippen LogP) is 13.9. The first-order valence-electron chi connectivity index (χ1n) is 20.8. The van der Waals surface area contributed by atoms with Crippen LogP contribution in [0.3, 0.4) is 0 Å². The van der Waals surface area contributed by atoms with E-state index in [2.05, 4.69) is 77.4 Å². The average Bonchev–Trinajstić information content (AvgIpc) is 4.04. The van der Waals surface area contributed by atoms with Crippen molar-refractivity contribution in [3.8, 4) is 62.5 Å². The van der Waals surface area contributed by atoms with Crippen molar-refractivity contribution >= 4 is 65.8 Å². The van der Waals surface area contributed by atoms with Crippen molar-refractivity contribution < 1.29 is 8.83 Å². The molecule has 5 heterocycles. The van der Waals surface area contributed by atoms with Crippen molar-refractivity contribution in [2.24, 2.45) is 0 Å². The molecule has 8 heteroatoms. The molecule has 0 spiro atoms. The van der Waals surface area contributed by atoms with E-state index in [9.17, 15) is 0 Å². The van der Waals surface area contributed by atoms with Gasteiger partial charge in [-0.15, -0.1) is 0 Å². The Labute approximate surface area is 359 Å². The van der Waals surface area contributed by atoms with Gasteiger partial charge in [-0.1, -0.05) is 146 Å². The summed E-state index contributed by atoms with van der Waals surface area (Å²) in [5.41, 5.74) is 11.7. The molecule has 0 N–H and O–H groups in total. The molecule has 0 fully saturated rings. The van der Waals surface area contributed by atoms with E-state index in [0.717, 1.165) is 77.2 Å². The Kier molecular flexibility index (Phi) is 7.74. The molecule has 0 aliphatic heterocycles. The highest BCUT2D eigenvalue weighted by molar-refractivity contribution is 6.17. The standard InChI is InChI=1S/C55H32N6O2/c1-4-16-33(17-5-1)52-58-53(34-18-6-2-7-19-34)60-55(59-52)41-25-15-29-46-47(41)40-24-14-26-42(50(40)63-46)49-51-48(39-23-11-13-28-45(39)62-51)56-54(57-49)35-30-31-38-37-22-10-12-27-43(37)61(44(38)32-35)36-20-8-3-9-21-36/h1-32H. The van der Waals surface area contributed by atoms with Gasteiger partial charge in [0.1, 0.15) is 28.0 Å². The lowest BCUT2D eigenvalue weighted by molar-refractivity contribution is 0.663. The van der Waals surface area contributed by atoms with Gasteiger partial charge >= 0.3 is 0 Å². The van der Waals surface area contributed by atoms with E-state index >= 15 is 0 Å². The molecule has 0 radical (unpaired) electrons. The summed E-state index contributed by atoms with van der Waals surface area (Å²) in [6.45, 7) is 0. The fourth-order valence-corrected chi connectivity index (χ4v) is 9.02. The van der Waals surface area contributed by atoms with E-state index in [1.807, 2.05) is 121 Å². The molecule has 0 aliphatic rings. The Morgan fingerprint density at radius 3 is 1.70 bits per heavy atom. The second-order valence-corrected chi connectivity index (χ2v) is 15.6. The highest BCUT2D eigenvalue weighted by Crippen LogP contribution is 2.43. The van der Waals surface area contributed by atoms with Crippen LogP contribution >= 0.6 is 0 Å². The van der Waals surface area contributed by atoms with Crippen molar-refractivity contribution in [1.29, 1.82) is 0 Å². The molecule has 63 heavy (non-hydrogen) atoms. The molecule has 0 bridgehead atoms. The van der Waals surface area contributed by atoms with Gasteiger partial charge < -0.3 is 13.4 Å². The quantitative estimate of drug-likeness (QED) is 0.165. The first-order valence-corrected chi connectivity index (χ1v) is 20.8. The summed E-state index contributed by atoms with van der Waals surface area (Å²) in [5, 5.41) is 5.05. The summed E-state index contributed by atoms with van der Waals surface area (Å²) in [6.07, 6.45) is 0. The van der Waals surface area contributed by atoms with E-state index in [1.165, 1.54) is 5.39 Å². The fraction of sp³-hybridized carbons (Fsp3) is 0. The van der Waals surface area contributed by atoms with Crippen molar-refractivity contribution in [3.63, 3.8) is 0 Å². The molecule has 0 unspecified atom stereocenters. The Morgan fingerprint density at radius 1 is 0.349 bits per heavy atom. The largest absolute Gasteiger partial charge is 0.455 e. The lowest BCUT2D eigenvalue weighted by atomic mass is 10.0. The van der Waals surface area contributed by atoms with Gasteiger partial charge in [0.15, 0.2) is 28.9 Å². The topological polar surface area (TPSA) is 95.7 Å². The molecule has 13 rings (SSSR count). The van der Waals surface area contributed by atoms with Gasteiger partial charge in [-0.2, -0.15) is 0 Å². The summed E-state index contributed by atoms with van der Waals surface area (Å²) in [4.78, 5) is 25.8. The summed E-state index contributed by atoms with van der Waals surface area (Å²) < 4.78 is 15.8. The minimum atomic E-state index is 0.550. The third kappa shape index (κ3) is 5.58. The van der Waals surface area contributed by atoms with Crippen molar-refractivity contribution in [1.82, 2.24) is 29.5 Å². The maximum atomic E-state index is 6.88. The minimum absolute atomic E-state index is 0.550. The van der Waals surface area contributed by atoms with Gasteiger partial charge in [0.2, 0.25) is 0 Å². The van der Waals surface area contributed by atoms with Crippen LogP contribution in [-0.2, 0) is 0 Å². The SMILES string of the molecule is c1ccc(-c2nc(-c3ccccc3)nc(-c3cccc4oc5c(-c6nc(-c7ccc8c9ccccc9n(-c9ccccc9)c8c7)nc7c6oc6ccccc67)cccc5c34)n2)cc1. The molecule has 13 aromatic rings. The van der Waals surface area contributed by atoms with Crippen LogP contribution in [-0.4, -0.2) is 29.5 Å². The number of benzene rings is 8. The highest BCUT2D eigenvalue weighted by Gasteiger charge is 2.24. The van der Waals surface area contributed by atoms with E-state index in [-0.39, 0.29) is 0 Å². The van der Waals surface area contributed by atoms with Gasteiger partial charge in [0, 0.05) is 60.4 Å². The molecular weight excluding hydrogens is 777 g/mol. The summed E-state index contributed by atoms with van der Waals surface area (Å²) in [6, 6.07) is 65.7.